The topological polar surface area (TPSA) is 35.8 Å². The van der Waals surface area contributed by atoms with Gasteiger partial charge in [0.05, 0.1) is 17.3 Å². The van der Waals surface area contributed by atoms with E-state index in [0.29, 0.717) is 5.56 Å². The van der Waals surface area contributed by atoms with Gasteiger partial charge >= 0.3 is 0 Å². The van der Waals surface area contributed by atoms with Gasteiger partial charge in [0.25, 0.3) is 0 Å². The summed E-state index contributed by atoms with van der Waals surface area (Å²) in [6.07, 6.45) is 5.25. The summed E-state index contributed by atoms with van der Waals surface area (Å²) in [4.78, 5) is 0. The Kier molecular flexibility index (Phi) is 3.15. The van der Waals surface area contributed by atoms with Crippen molar-refractivity contribution in [3.05, 3.63) is 29.3 Å². The first kappa shape index (κ1) is 10.2. The molecule has 1 atom stereocenters. The van der Waals surface area contributed by atoms with Crippen LogP contribution in [0.25, 0.3) is 0 Å². The second-order valence-corrected chi connectivity index (χ2v) is 3.19. The Morgan fingerprint density at radius 1 is 1.50 bits per heavy atom. The number of rotatable bonds is 2. The quantitative estimate of drug-likeness (QED) is 0.716. The number of aryl methyl sites for hydroxylation is 1. The first-order valence-electron chi connectivity index (χ1n) is 4.41. The van der Waals surface area contributed by atoms with E-state index in [1.165, 1.54) is 0 Å². The molecule has 0 aliphatic rings. The van der Waals surface area contributed by atoms with E-state index in [1.54, 1.807) is 0 Å². The van der Waals surface area contributed by atoms with Crippen molar-refractivity contribution in [3.63, 3.8) is 0 Å². The zero-order valence-electron chi connectivity index (χ0n) is 8.33. The number of hydrogen-bond acceptors (Lipinski definition) is 2. The Labute approximate surface area is 84.6 Å². The summed E-state index contributed by atoms with van der Waals surface area (Å²) in [5.74, 6) is 2.56. The van der Waals surface area contributed by atoms with Crippen molar-refractivity contribution in [3.8, 4) is 18.4 Å². The van der Waals surface area contributed by atoms with E-state index in [-0.39, 0.29) is 6.04 Å². The number of benzene rings is 1. The zero-order chi connectivity index (χ0) is 10.6. The molecule has 0 aliphatic heterocycles. The summed E-state index contributed by atoms with van der Waals surface area (Å²) < 4.78 is 0. The lowest BCUT2D eigenvalue weighted by Crippen LogP contribution is -2.12. The third kappa shape index (κ3) is 2.28. The highest BCUT2D eigenvalue weighted by Gasteiger charge is 2.03. The molecular weight excluding hydrogens is 172 g/mol. The predicted molar refractivity (Wildman–Crippen MR) is 57.8 cm³/mol. The molecule has 2 nitrogen and oxygen atoms in total. The van der Waals surface area contributed by atoms with Crippen LogP contribution in [0.5, 0.6) is 0 Å². The first-order chi connectivity index (χ1) is 6.67. The van der Waals surface area contributed by atoms with Crippen molar-refractivity contribution in [1.82, 2.24) is 0 Å². The minimum Gasteiger partial charge on any atom is -0.371 e. The molecule has 0 aromatic heterocycles. The van der Waals surface area contributed by atoms with Gasteiger partial charge in [0.2, 0.25) is 0 Å². The van der Waals surface area contributed by atoms with E-state index in [1.807, 2.05) is 32.0 Å². The van der Waals surface area contributed by atoms with Gasteiger partial charge in [-0.25, -0.2) is 0 Å². The maximum absolute atomic E-state index is 8.89. The average molecular weight is 184 g/mol. The molecule has 0 amide bonds. The monoisotopic (exact) mass is 184 g/mol. The molecule has 14 heavy (non-hydrogen) atoms. The van der Waals surface area contributed by atoms with Crippen molar-refractivity contribution in [2.75, 3.05) is 5.32 Å². The lowest BCUT2D eigenvalue weighted by molar-refractivity contribution is 1.03. The number of nitrogens with one attached hydrogen (secondary N) is 1. The molecule has 0 spiro atoms. The molecule has 70 valence electrons. The van der Waals surface area contributed by atoms with Gasteiger partial charge in [-0.3, -0.25) is 0 Å². The van der Waals surface area contributed by atoms with Crippen LogP contribution in [0.1, 0.15) is 18.1 Å². The zero-order valence-corrected chi connectivity index (χ0v) is 8.33. The number of nitrogens with zero attached hydrogens (tertiary/aromatic N) is 1. The summed E-state index contributed by atoms with van der Waals surface area (Å²) in [5.41, 5.74) is 2.50. The Morgan fingerprint density at radius 2 is 2.21 bits per heavy atom. The summed E-state index contributed by atoms with van der Waals surface area (Å²) in [5, 5.41) is 12.0. The third-order valence-electron chi connectivity index (χ3n) is 1.92. The number of terminal acetylenes is 1. The molecule has 1 aromatic rings. The van der Waals surface area contributed by atoms with Crippen LogP contribution in [-0.4, -0.2) is 6.04 Å². The van der Waals surface area contributed by atoms with Gasteiger partial charge in [-0.2, -0.15) is 5.26 Å². The standard InChI is InChI=1S/C12H12N2/c1-4-10(3)14-12-6-5-9(2)7-11(12)8-13/h1,5-7,10,14H,2-3H3. The summed E-state index contributed by atoms with van der Waals surface area (Å²) in [6, 6.07) is 7.74. The van der Waals surface area contributed by atoms with Crippen molar-refractivity contribution in [1.29, 1.82) is 5.26 Å². The fourth-order valence-corrected chi connectivity index (χ4v) is 1.15. The highest BCUT2D eigenvalue weighted by Crippen LogP contribution is 2.16. The predicted octanol–water partition coefficient (Wildman–Crippen LogP) is 2.30. The van der Waals surface area contributed by atoms with Crippen LogP contribution in [0, 0.1) is 30.6 Å². The normalized spacial score (nSPS) is 11.1. The van der Waals surface area contributed by atoms with Crippen LogP contribution in [-0.2, 0) is 0 Å². The SMILES string of the molecule is C#CC(C)Nc1ccc(C)cc1C#N. The minimum atomic E-state index is -0.0650. The van der Waals surface area contributed by atoms with Gasteiger partial charge in [0.1, 0.15) is 6.07 Å². The molecule has 2 heteroatoms. The Hall–Kier alpha value is -1.93. The van der Waals surface area contributed by atoms with E-state index >= 15 is 0 Å². The maximum atomic E-state index is 8.89. The van der Waals surface area contributed by atoms with E-state index in [2.05, 4.69) is 17.3 Å². The van der Waals surface area contributed by atoms with Gasteiger partial charge in [-0.15, -0.1) is 6.42 Å². The van der Waals surface area contributed by atoms with Crippen LogP contribution in [0.15, 0.2) is 18.2 Å². The van der Waals surface area contributed by atoms with Crippen LogP contribution >= 0.6 is 0 Å². The second kappa shape index (κ2) is 4.35. The molecule has 0 heterocycles. The fourth-order valence-electron chi connectivity index (χ4n) is 1.15. The van der Waals surface area contributed by atoms with Crippen molar-refractivity contribution in [2.45, 2.75) is 19.9 Å². The minimum absolute atomic E-state index is 0.0650. The molecule has 0 fully saturated rings. The number of hydrogen-bond donors (Lipinski definition) is 1. The lowest BCUT2D eigenvalue weighted by atomic mass is 10.1. The smallest absolute Gasteiger partial charge is 0.101 e. The molecular formula is C12H12N2. The van der Waals surface area contributed by atoms with Crippen LogP contribution in [0.3, 0.4) is 0 Å². The van der Waals surface area contributed by atoms with Crippen LogP contribution in [0.2, 0.25) is 0 Å². The molecule has 1 rings (SSSR count). The average Bonchev–Trinajstić information content (AvgIpc) is 2.20. The first-order valence-corrected chi connectivity index (χ1v) is 4.41. The molecule has 1 unspecified atom stereocenters. The largest absolute Gasteiger partial charge is 0.371 e. The summed E-state index contributed by atoms with van der Waals surface area (Å²) >= 11 is 0. The van der Waals surface area contributed by atoms with Crippen LogP contribution in [0.4, 0.5) is 5.69 Å². The summed E-state index contributed by atoms with van der Waals surface area (Å²) in [7, 11) is 0. The Morgan fingerprint density at radius 3 is 2.79 bits per heavy atom. The van der Waals surface area contributed by atoms with E-state index in [0.717, 1.165) is 11.3 Å². The summed E-state index contributed by atoms with van der Waals surface area (Å²) in [6.45, 7) is 3.83. The highest BCUT2D eigenvalue weighted by atomic mass is 14.9. The second-order valence-electron chi connectivity index (χ2n) is 3.19. The van der Waals surface area contributed by atoms with Gasteiger partial charge in [0, 0.05) is 0 Å². The fraction of sp³-hybridized carbons (Fsp3) is 0.250. The molecule has 0 saturated carbocycles. The van der Waals surface area contributed by atoms with Crippen molar-refractivity contribution >= 4 is 5.69 Å². The highest BCUT2D eigenvalue weighted by molar-refractivity contribution is 5.59. The van der Waals surface area contributed by atoms with E-state index in [9.17, 15) is 0 Å². The van der Waals surface area contributed by atoms with Gasteiger partial charge in [-0.05, 0) is 31.5 Å². The molecule has 0 bridgehead atoms. The Bertz CT molecular complexity index is 407. The number of nitriles is 1. The lowest BCUT2D eigenvalue weighted by Gasteiger charge is -2.10. The molecule has 0 radical (unpaired) electrons. The van der Waals surface area contributed by atoms with E-state index in [4.69, 9.17) is 11.7 Å². The molecule has 1 aromatic carbocycles. The van der Waals surface area contributed by atoms with Gasteiger partial charge in [0.15, 0.2) is 0 Å². The maximum Gasteiger partial charge on any atom is 0.101 e. The van der Waals surface area contributed by atoms with Crippen molar-refractivity contribution < 1.29 is 0 Å². The van der Waals surface area contributed by atoms with E-state index < -0.39 is 0 Å². The Balaban J connectivity index is 2.99. The molecule has 0 saturated heterocycles. The van der Waals surface area contributed by atoms with Gasteiger partial charge in [-0.1, -0.05) is 12.0 Å². The molecule has 0 aliphatic carbocycles. The van der Waals surface area contributed by atoms with Crippen LogP contribution < -0.4 is 5.32 Å². The van der Waals surface area contributed by atoms with Crippen molar-refractivity contribution in [2.24, 2.45) is 0 Å². The van der Waals surface area contributed by atoms with Gasteiger partial charge < -0.3 is 5.32 Å². The molecule has 1 N–H and O–H groups in total. The number of anilines is 1. The third-order valence-corrected chi connectivity index (χ3v) is 1.92.